The molecule has 4 nitrogen and oxygen atoms in total. The maximum absolute atomic E-state index is 13.4. The molecule has 0 heterocycles. The fourth-order valence-electron chi connectivity index (χ4n) is 3.70. The molecule has 0 aliphatic rings. The fraction of sp³-hybridized carbons (Fsp3) is 0.571. The number of rotatable bonds is 9. The van der Waals surface area contributed by atoms with Gasteiger partial charge in [0.05, 0.1) is 0 Å². The lowest BCUT2D eigenvalue weighted by Crippen LogP contribution is -2.41. The summed E-state index contributed by atoms with van der Waals surface area (Å²) in [7, 11) is 4.74. The molecule has 1 aromatic rings. The maximum atomic E-state index is 13.4. The van der Waals surface area contributed by atoms with Crippen molar-refractivity contribution in [2.45, 2.75) is 43.9 Å². The molecule has 1 unspecified atom stereocenters. The first-order chi connectivity index (χ1) is 12.4. The zero-order chi connectivity index (χ0) is 21.0. The highest BCUT2D eigenvalue weighted by atomic mass is 32.2. The first-order valence-corrected chi connectivity index (χ1v) is 10.9. The summed E-state index contributed by atoms with van der Waals surface area (Å²) in [5.41, 5.74) is 4.45. The highest BCUT2D eigenvalue weighted by molar-refractivity contribution is 7.85. The van der Waals surface area contributed by atoms with Crippen LogP contribution in [0.4, 0.5) is 13.2 Å². The number of hydrogen-bond donors (Lipinski definition) is 1. The number of ether oxygens (including phenoxy) is 1. The highest BCUT2D eigenvalue weighted by Gasteiger charge is 2.45. The van der Waals surface area contributed by atoms with Crippen LogP contribution in [0.15, 0.2) is 0 Å². The van der Waals surface area contributed by atoms with Gasteiger partial charge >= 0.3 is 6.18 Å². The molecule has 0 aliphatic heterocycles. The van der Waals surface area contributed by atoms with E-state index in [9.17, 15) is 21.6 Å². The van der Waals surface area contributed by atoms with Crippen LogP contribution in [0.5, 0.6) is 5.75 Å². The van der Waals surface area contributed by atoms with E-state index in [0.717, 1.165) is 23.0 Å². The van der Waals surface area contributed by atoms with Gasteiger partial charge in [0.2, 0.25) is 6.10 Å². The molecule has 1 aromatic carbocycles. The van der Waals surface area contributed by atoms with Crippen molar-refractivity contribution in [2.24, 2.45) is 0 Å². The smallest absolute Gasteiger partial charge is 0.426 e. The molecule has 1 N–H and O–H groups in total. The Hall–Kier alpha value is -0.955. The molecule has 13 heteroatoms. The predicted molar refractivity (Wildman–Crippen MR) is 115 cm³/mol. The van der Waals surface area contributed by atoms with Gasteiger partial charge in [-0.05, 0) is 22.3 Å². The van der Waals surface area contributed by atoms with Gasteiger partial charge in [0.15, 0.2) is 0 Å². The molecule has 0 spiro atoms. The third kappa shape index (κ3) is 5.76. The molecule has 146 valence electrons. The van der Waals surface area contributed by atoms with Gasteiger partial charge in [0, 0.05) is 0 Å². The molecule has 0 amide bonds. The fourth-order valence-corrected chi connectivity index (χ4v) is 4.34. The second kappa shape index (κ2) is 9.50. The average molecular weight is 399 g/mol. The molecule has 0 radical (unpaired) electrons. The van der Waals surface area contributed by atoms with E-state index in [4.69, 9.17) is 9.29 Å². The Morgan fingerprint density at radius 3 is 1.41 bits per heavy atom. The van der Waals surface area contributed by atoms with Gasteiger partial charge in [-0.2, -0.15) is 21.6 Å². The van der Waals surface area contributed by atoms with E-state index < -0.39 is 28.2 Å². The molecule has 1 rings (SSSR count). The van der Waals surface area contributed by atoms with Crippen LogP contribution < -0.4 is 4.74 Å². The zero-order valence-corrected chi connectivity index (χ0v) is 17.4. The second-order valence-corrected chi connectivity index (χ2v) is 7.88. The van der Waals surface area contributed by atoms with Crippen LogP contribution in [0.1, 0.15) is 27.8 Å². The summed E-state index contributed by atoms with van der Waals surface area (Å²) in [6.45, 7) is 0. The number of benzene rings is 1. The van der Waals surface area contributed by atoms with Crippen molar-refractivity contribution >= 4 is 49.3 Å². The largest absolute Gasteiger partial charge is 0.479 e. The molecule has 0 aliphatic carbocycles. The van der Waals surface area contributed by atoms with E-state index in [1.54, 1.807) is 0 Å². The average Bonchev–Trinajstić information content (AvgIpc) is 2.57. The van der Waals surface area contributed by atoms with Gasteiger partial charge in [0.1, 0.15) is 50.7 Å². The lowest BCUT2D eigenvalue weighted by Gasteiger charge is -2.29. The van der Waals surface area contributed by atoms with E-state index in [2.05, 4.69) is 0 Å². The molecule has 27 heavy (non-hydrogen) atoms. The predicted octanol–water partition coefficient (Wildman–Crippen LogP) is -2.45. The highest BCUT2D eigenvalue weighted by Crippen LogP contribution is 2.37. The summed E-state index contributed by atoms with van der Waals surface area (Å²) in [6.07, 6.45) is -4.54. The van der Waals surface area contributed by atoms with Crippen molar-refractivity contribution in [3.63, 3.8) is 0 Å². The Morgan fingerprint density at radius 1 is 0.815 bits per heavy atom. The SMILES string of the molecule is BCc1c(CB)c(CB)c(OC(CS(=O)(=O)O)C(F)(F)F)c(CB)c1CB. The van der Waals surface area contributed by atoms with E-state index in [0.29, 0.717) is 36.4 Å². The van der Waals surface area contributed by atoms with Crippen LogP contribution in [-0.2, 0) is 41.7 Å². The number of alkyl halides is 3. The minimum atomic E-state index is -4.92. The normalized spacial score (nSPS) is 13.5. The molecular formula is C14H24B5F3O4S. The Bertz CT molecular complexity index is 738. The van der Waals surface area contributed by atoms with Gasteiger partial charge in [-0.15, -0.1) is 0 Å². The van der Waals surface area contributed by atoms with E-state index in [-0.39, 0.29) is 5.75 Å². The molecule has 0 bridgehead atoms. The lowest BCUT2D eigenvalue weighted by atomic mass is 9.72. The van der Waals surface area contributed by atoms with Gasteiger partial charge < -0.3 is 4.74 Å². The summed E-state index contributed by atoms with van der Waals surface area (Å²) in [6, 6.07) is 0. The van der Waals surface area contributed by atoms with Crippen molar-refractivity contribution in [3.05, 3.63) is 27.8 Å². The van der Waals surface area contributed by atoms with E-state index in [1.807, 2.05) is 39.2 Å². The summed E-state index contributed by atoms with van der Waals surface area (Å²) >= 11 is 0. The van der Waals surface area contributed by atoms with Crippen LogP contribution in [0.25, 0.3) is 0 Å². The first kappa shape index (κ1) is 24.1. The summed E-state index contributed by atoms with van der Waals surface area (Å²) in [5, 5.41) is 0. The van der Waals surface area contributed by atoms with Crippen molar-refractivity contribution in [1.82, 2.24) is 0 Å². The monoisotopic (exact) mass is 400 g/mol. The Labute approximate surface area is 163 Å². The van der Waals surface area contributed by atoms with E-state index in [1.165, 1.54) is 0 Å². The Morgan fingerprint density at radius 2 is 1.15 bits per heavy atom. The summed E-state index contributed by atoms with van der Waals surface area (Å²) < 4.78 is 76.7. The molecule has 0 saturated heterocycles. The van der Waals surface area contributed by atoms with Crippen molar-refractivity contribution < 1.29 is 30.9 Å². The van der Waals surface area contributed by atoms with Crippen LogP contribution in [0.3, 0.4) is 0 Å². The molecule has 0 fully saturated rings. The van der Waals surface area contributed by atoms with Gasteiger partial charge in [0.25, 0.3) is 10.1 Å². The van der Waals surface area contributed by atoms with Crippen molar-refractivity contribution in [2.75, 3.05) is 5.75 Å². The second-order valence-electron chi connectivity index (χ2n) is 6.39. The number of halogens is 3. The third-order valence-corrected chi connectivity index (χ3v) is 5.48. The van der Waals surface area contributed by atoms with Crippen LogP contribution in [-0.4, -0.2) is 70.2 Å². The summed E-state index contributed by atoms with van der Waals surface area (Å²) in [5.74, 6) is -1.40. The van der Waals surface area contributed by atoms with Crippen LogP contribution in [0.2, 0.25) is 0 Å². The standard InChI is InChI=1S/C14H24B5F3O4S/c15-1-7-8(2-16)10(4-18)13(11(5-19)9(7)3-17)26-12(14(20,21)22)6-27(23,24)25/h12H,1-6,15-19H2,(H,23,24,25). The first-order valence-electron chi connectivity index (χ1n) is 9.31. The molecular weight excluding hydrogens is 375 g/mol. The number of hydrogen-bond acceptors (Lipinski definition) is 3. The minimum Gasteiger partial charge on any atom is -0.479 e. The van der Waals surface area contributed by atoms with Gasteiger partial charge in [-0.3, -0.25) is 4.55 Å². The minimum absolute atomic E-state index is 0.122. The Balaban J connectivity index is 3.73. The molecule has 1 atom stereocenters. The quantitative estimate of drug-likeness (QED) is 0.370. The third-order valence-electron chi connectivity index (χ3n) is 4.76. The maximum Gasteiger partial charge on any atom is 0.426 e. The lowest BCUT2D eigenvalue weighted by molar-refractivity contribution is -0.188. The molecule has 0 saturated carbocycles. The Kier molecular flexibility index (Phi) is 8.47. The van der Waals surface area contributed by atoms with Crippen LogP contribution >= 0.6 is 0 Å². The summed E-state index contributed by atoms with van der Waals surface area (Å²) in [4.78, 5) is 0. The van der Waals surface area contributed by atoms with Gasteiger partial charge in [-0.25, -0.2) is 0 Å². The van der Waals surface area contributed by atoms with Crippen LogP contribution in [0, 0.1) is 0 Å². The van der Waals surface area contributed by atoms with E-state index >= 15 is 0 Å². The molecule has 0 aromatic heterocycles. The zero-order valence-electron chi connectivity index (χ0n) is 16.5. The van der Waals surface area contributed by atoms with Gasteiger partial charge in [-0.1, -0.05) is 37.2 Å². The topological polar surface area (TPSA) is 63.6 Å². The van der Waals surface area contributed by atoms with Crippen molar-refractivity contribution in [1.29, 1.82) is 0 Å². The van der Waals surface area contributed by atoms with Crippen molar-refractivity contribution in [3.8, 4) is 5.75 Å².